The SMILES string of the molecule is CC(CC1C(=O)OC(=O)C1C1C(C)C2CC(C(CC(=O)OC(C)(C)C)OC(=O)C(F)(F)F)C1C2)C(=O)OC1(C)C2CC3CC(C2)CC1C3. The van der Waals surface area contributed by atoms with Gasteiger partial charge >= 0.3 is 36.0 Å². The first-order valence-electron chi connectivity index (χ1n) is 17.7. The van der Waals surface area contributed by atoms with Gasteiger partial charge in [0.2, 0.25) is 0 Å². The molecule has 9 nitrogen and oxygen atoms in total. The molecular formula is C36H49F3O9. The molecule has 0 amide bonds. The van der Waals surface area contributed by atoms with E-state index >= 15 is 0 Å². The summed E-state index contributed by atoms with van der Waals surface area (Å²) in [5.41, 5.74) is -1.46. The summed E-state index contributed by atoms with van der Waals surface area (Å²) in [6.07, 6.45) is -0.773. The van der Waals surface area contributed by atoms with Gasteiger partial charge in [-0.3, -0.25) is 19.2 Å². The highest BCUT2D eigenvalue weighted by atomic mass is 19.4. The van der Waals surface area contributed by atoms with E-state index < -0.39 is 95.3 Å². The van der Waals surface area contributed by atoms with E-state index in [0.29, 0.717) is 36.5 Å². The number of ether oxygens (including phenoxy) is 4. The normalized spacial score (nSPS) is 41.2. The van der Waals surface area contributed by atoms with Gasteiger partial charge in [0.05, 0.1) is 24.2 Å². The van der Waals surface area contributed by atoms with Crippen LogP contribution in [0.2, 0.25) is 0 Å². The van der Waals surface area contributed by atoms with Crippen LogP contribution in [0, 0.1) is 71.0 Å². The minimum atomic E-state index is -5.26. The largest absolute Gasteiger partial charge is 0.490 e. The van der Waals surface area contributed by atoms with Gasteiger partial charge in [-0.1, -0.05) is 13.8 Å². The molecule has 0 aromatic heterocycles. The molecule has 0 aromatic rings. The van der Waals surface area contributed by atoms with Crippen molar-refractivity contribution in [2.45, 2.75) is 123 Å². The van der Waals surface area contributed by atoms with E-state index in [1.165, 1.54) is 6.42 Å². The van der Waals surface area contributed by atoms with E-state index in [1.807, 2.05) is 6.92 Å². The molecule has 1 heterocycles. The van der Waals surface area contributed by atoms with Gasteiger partial charge in [-0.05, 0) is 132 Å². The second-order valence-electron chi connectivity index (χ2n) is 17.1. The van der Waals surface area contributed by atoms with E-state index in [1.54, 1.807) is 27.7 Å². The predicted molar refractivity (Wildman–Crippen MR) is 162 cm³/mol. The molecule has 9 atom stereocenters. The summed E-state index contributed by atoms with van der Waals surface area (Å²) in [6.45, 7) is 10.6. The van der Waals surface area contributed by atoms with Crippen LogP contribution in [-0.4, -0.2) is 53.3 Å². The van der Waals surface area contributed by atoms with Crippen molar-refractivity contribution in [2.75, 3.05) is 0 Å². The number of fused-ring (bicyclic) bond motifs is 2. The van der Waals surface area contributed by atoms with Gasteiger partial charge in [-0.2, -0.15) is 13.2 Å². The van der Waals surface area contributed by atoms with E-state index in [0.717, 1.165) is 25.7 Å². The van der Waals surface area contributed by atoms with Crippen molar-refractivity contribution in [1.82, 2.24) is 0 Å². The lowest BCUT2D eigenvalue weighted by Crippen LogP contribution is -2.58. The van der Waals surface area contributed by atoms with Gasteiger partial charge in [-0.15, -0.1) is 0 Å². The minimum absolute atomic E-state index is 0.0286. The van der Waals surface area contributed by atoms with E-state index in [-0.39, 0.29) is 18.3 Å². The zero-order valence-electron chi connectivity index (χ0n) is 28.7. The Hall–Kier alpha value is -2.66. The lowest BCUT2D eigenvalue weighted by Gasteiger charge is -2.59. The molecule has 7 fully saturated rings. The van der Waals surface area contributed by atoms with Gasteiger partial charge in [-0.25, -0.2) is 4.79 Å². The third-order valence-corrected chi connectivity index (χ3v) is 13.0. The molecule has 12 heteroatoms. The Bertz CT molecular complexity index is 1310. The Morgan fingerprint density at radius 2 is 1.54 bits per heavy atom. The summed E-state index contributed by atoms with van der Waals surface area (Å²) in [5.74, 6) is -7.20. The fourth-order valence-electron chi connectivity index (χ4n) is 11.1. The number of halogens is 3. The molecule has 0 spiro atoms. The predicted octanol–water partition coefficient (Wildman–Crippen LogP) is 6.20. The number of carbonyl (C=O) groups is 5. The zero-order valence-corrected chi connectivity index (χ0v) is 28.7. The van der Waals surface area contributed by atoms with Gasteiger partial charge in [0, 0.05) is 0 Å². The van der Waals surface area contributed by atoms with Gasteiger partial charge in [0.1, 0.15) is 17.3 Å². The molecule has 48 heavy (non-hydrogen) atoms. The molecule has 9 unspecified atom stereocenters. The van der Waals surface area contributed by atoms with Crippen LogP contribution in [0.5, 0.6) is 0 Å². The summed E-state index contributed by atoms with van der Waals surface area (Å²) in [6, 6.07) is 0. The molecule has 1 aliphatic heterocycles. The van der Waals surface area contributed by atoms with E-state index in [2.05, 4.69) is 6.92 Å². The number of carbonyl (C=O) groups excluding carboxylic acids is 5. The number of hydrogen-bond acceptors (Lipinski definition) is 9. The van der Waals surface area contributed by atoms with Crippen molar-refractivity contribution in [3.05, 3.63) is 0 Å². The van der Waals surface area contributed by atoms with Gasteiger partial charge in [0.25, 0.3) is 0 Å². The van der Waals surface area contributed by atoms with Crippen molar-refractivity contribution in [1.29, 1.82) is 0 Å². The van der Waals surface area contributed by atoms with Crippen molar-refractivity contribution >= 4 is 29.8 Å². The molecule has 6 bridgehead atoms. The topological polar surface area (TPSA) is 122 Å². The Morgan fingerprint density at radius 3 is 2.08 bits per heavy atom. The standard InChI is InChI=1S/C36H49F3O9/c1-16(30(41)48-35(6)21-9-18-8-19(11-21)12-22(35)10-18)7-25-29(32(43)46-31(25)42)28-17(2)20-13-23(24(28)14-20)26(45-33(44)36(37,38)39)15-27(40)47-34(3,4)5/h16-26,28-29H,7-15H2,1-6H3. The third-order valence-electron chi connectivity index (χ3n) is 13.0. The number of cyclic esters (lactones) is 2. The molecule has 268 valence electrons. The second kappa shape index (κ2) is 12.3. The monoisotopic (exact) mass is 682 g/mol. The van der Waals surface area contributed by atoms with Crippen molar-refractivity contribution in [2.24, 2.45) is 71.0 Å². The average Bonchev–Trinajstić information content (AvgIpc) is 3.60. The highest BCUT2D eigenvalue weighted by Crippen LogP contribution is 2.62. The lowest BCUT2D eigenvalue weighted by molar-refractivity contribution is -0.210. The summed E-state index contributed by atoms with van der Waals surface area (Å²) in [7, 11) is 0. The Balaban J connectivity index is 1.18. The molecule has 1 saturated heterocycles. The molecule has 0 aromatic carbocycles. The first-order chi connectivity index (χ1) is 22.2. The maximum absolute atomic E-state index is 13.6. The number of esters is 5. The zero-order chi connectivity index (χ0) is 35.1. The smallest absolute Gasteiger partial charge is 0.460 e. The van der Waals surface area contributed by atoms with Gasteiger partial charge < -0.3 is 18.9 Å². The summed E-state index contributed by atoms with van der Waals surface area (Å²) >= 11 is 0. The summed E-state index contributed by atoms with van der Waals surface area (Å²) in [5, 5.41) is 0. The molecule has 7 aliphatic rings. The third kappa shape index (κ3) is 6.50. The highest BCUT2D eigenvalue weighted by molar-refractivity contribution is 5.97. The van der Waals surface area contributed by atoms with Crippen LogP contribution in [0.4, 0.5) is 13.2 Å². The first-order valence-corrected chi connectivity index (χ1v) is 17.7. The molecule has 0 N–H and O–H groups in total. The second-order valence-corrected chi connectivity index (χ2v) is 17.1. The van der Waals surface area contributed by atoms with Crippen LogP contribution in [-0.2, 0) is 42.9 Å². The van der Waals surface area contributed by atoms with Crippen LogP contribution in [0.1, 0.15) is 99.3 Å². The summed E-state index contributed by atoms with van der Waals surface area (Å²) < 4.78 is 61.8. The van der Waals surface area contributed by atoms with Crippen LogP contribution in [0.15, 0.2) is 0 Å². The fourth-order valence-corrected chi connectivity index (χ4v) is 11.1. The highest BCUT2D eigenvalue weighted by Gasteiger charge is 2.62. The molecule has 6 aliphatic carbocycles. The number of alkyl halides is 3. The van der Waals surface area contributed by atoms with Crippen LogP contribution in [0.3, 0.4) is 0 Å². The van der Waals surface area contributed by atoms with Crippen LogP contribution in [0.25, 0.3) is 0 Å². The fraction of sp³-hybridized carbons (Fsp3) is 0.861. The summed E-state index contributed by atoms with van der Waals surface area (Å²) in [4.78, 5) is 64.9. The van der Waals surface area contributed by atoms with Gasteiger partial charge in [0.15, 0.2) is 0 Å². The first kappa shape index (κ1) is 35.2. The molecular weight excluding hydrogens is 633 g/mol. The van der Waals surface area contributed by atoms with E-state index in [9.17, 15) is 37.1 Å². The molecule has 6 saturated carbocycles. The maximum atomic E-state index is 13.6. The van der Waals surface area contributed by atoms with Crippen LogP contribution < -0.4 is 0 Å². The minimum Gasteiger partial charge on any atom is -0.460 e. The number of rotatable bonds is 9. The van der Waals surface area contributed by atoms with Crippen molar-refractivity contribution in [3.8, 4) is 0 Å². The van der Waals surface area contributed by atoms with Crippen molar-refractivity contribution < 1.29 is 56.1 Å². The Morgan fingerprint density at radius 1 is 0.938 bits per heavy atom. The Kier molecular flexibility index (Phi) is 9.00. The lowest BCUT2D eigenvalue weighted by atomic mass is 9.50. The van der Waals surface area contributed by atoms with Crippen LogP contribution >= 0.6 is 0 Å². The Labute approximate surface area is 279 Å². The maximum Gasteiger partial charge on any atom is 0.490 e. The molecule has 7 rings (SSSR count). The average molecular weight is 683 g/mol. The molecule has 0 radical (unpaired) electrons. The number of hydrogen-bond donors (Lipinski definition) is 0. The van der Waals surface area contributed by atoms with Crippen molar-refractivity contribution in [3.63, 3.8) is 0 Å². The quantitative estimate of drug-likeness (QED) is 0.159. The van der Waals surface area contributed by atoms with E-state index in [4.69, 9.17) is 18.9 Å².